The largest absolute Gasteiger partial charge is 0.436 e. The molecule has 0 fully saturated rings. The van der Waals surface area contributed by atoms with E-state index in [0.29, 0.717) is 33.9 Å². The Hall–Kier alpha value is -4.06. The van der Waals surface area contributed by atoms with Gasteiger partial charge in [-0.2, -0.15) is 9.97 Å². The lowest BCUT2D eigenvalue weighted by molar-refractivity contribution is 0.416. The Balaban J connectivity index is 1.43. The molecule has 6 aromatic rings. The van der Waals surface area contributed by atoms with E-state index < -0.39 is 0 Å². The van der Waals surface area contributed by atoms with Crippen LogP contribution in [0.5, 0.6) is 23.4 Å². The van der Waals surface area contributed by atoms with Crippen LogP contribution in [0.4, 0.5) is 0 Å². The summed E-state index contributed by atoms with van der Waals surface area (Å²) < 4.78 is 16.7. The van der Waals surface area contributed by atoms with E-state index in [1.165, 1.54) is 0 Å². The Morgan fingerprint density at radius 2 is 1.50 bits per heavy atom. The number of nitrogens with one attached hydrogen (secondary N) is 1. The van der Waals surface area contributed by atoms with Crippen molar-refractivity contribution in [3.8, 4) is 23.4 Å². The van der Waals surface area contributed by atoms with Crippen LogP contribution in [-0.2, 0) is 20.5 Å². The zero-order chi connectivity index (χ0) is 23.4. The highest BCUT2D eigenvalue weighted by atomic mass is 79.9. The van der Waals surface area contributed by atoms with E-state index in [2.05, 4.69) is 50.8 Å². The van der Waals surface area contributed by atoms with Crippen molar-refractivity contribution in [2.75, 3.05) is 0 Å². The van der Waals surface area contributed by atoms with Gasteiger partial charge in [-0.15, -0.1) is 0 Å². The highest BCUT2D eigenvalue weighted by Crippen LogP contribution is 2.37. The number of aryl methyl sites for hydroxylation is 3. The molecule has 0 saturated carbocycles. The third kappa shape index (κ3) is 3.34. The zero-order valence-electron chi connectivity index (χ0n) is 18.4. The maximum Gasteiger partial charge on any atom is 0.327 e. The molecule has 6 rings (SSSR count). The number of rotatable bonds is 5. The van der Waals surface area contributed by atoms with Gasteiger partial charge < -0.3 is 23.6 Å². The van der Waals surface area contributed by atoms with Gasteiger partial charge in [0, 0.05) is 31.9 Å². The third-order valence-electron chi connectivity index (χ3n) is 5.44. The Morgan fingerprint density at radius 1 is 0.882 bits per heavy atom. The number of halogens is 1. The Labute approximate surface area is 201 Å². The number of H-pyrrole nitrogens is 1. The summed E-state index contributed by atoms with van der Waals surface area (Å²) in [5.74, 6) is 1.29. The van der Waals surface area contributed by atoms with Crippen molar-refractivity contribution in [2.45, 2.75) is 13.3 Å². The normalized spacial score (nSPS) is 11.6. The summed E-state index contributed by atoms with van der Waals surface area (Å²) in [6.07, 6.45) is 7.43. The van der Waals surface area contributed by atoms with Gasteiger partial charge in [0.25, 0.3) is 0 Å². The second-order valence-electron chi connectivity index (χ2n) is 7.75. The van der Waals surface area contributed by atoms with Gasteiger partial charge in [-0.05, 0) is 22.4 Å². The fourth-order valence-electron chi connectivity index (χ4n) is 3.74. The number of aromatic amines is 1. The van der Waals surface area contributed by atoms with Gasteiger partial charge >= 0.3 is 6.01 Å². The maximum atomic E-state index is 6.18. The molecule has 170 valence electrons. The van der Waals surface area contributed by atoms with Crippen LogP contribution >= 0.6 is 15.9 Å². The molecule has 0 bridgehead atoms. The summed E-state index contributed by atoms with van der Waals surface area (Å²) in [6.45, 7) is 2.05. The molecule has 0 radical (unpaired) electrons. The molecular formula is C22H18BrN9O2. The molecule has 0 aliphatic carbocycles. The summed E-state index contributed by atoms with van der Waals surface area (Å²) >= 11 is 3.66. The van der Waals surface area contributed by atoms with Crippen LogP contribution in [0, 0.1) is 0 Å². The summed E-state index contributed by atoms with van der Waals surface area (Å²) in [6, 6.07) is 3.72. The van der Waals surface area contributed by atoms with Gasteiger partial charge in [-0.1, -0.05) is 6.92 Å². The van der Waals surface area contributed by atoms with Crippen molar-refractivity contribution in [3.63, 3.8) is 0 Å². The van der Waals surface area contributed by atoms with Crippen LogP contribution in [-0.4, -0.2) is 44.0 Å². The molecule has 6 aromatic heterocycles. The van der Waals surface area contributed by atoms with Crippen LogP contribution in [0.1, 0.15) is 12.6 Å². The van der Waals surface area contributed by atoms with Gasteiger partial charge in [-0.3, -0.25) is 0 Å². The fourth-order valence-corrected chi connectivity index (χ4v) is 4.48. The van der Waals surface area contributed by atoms with E-state index in [1.807, 2.05) is 36.2 Å². The minimum atomic E-state index is 0.114. The predicted molar refractivity (Wildman–Crippen MR) is 128 cm³/mol. The zero-order valence-corrected chi connectivity index (χ0v) is 20.0. The molecule has 0 aliphatic rings. The molecular weight excluding hydrogens is 502 g/mol. The Morgan fingerprint density at radius 3 is 2.12 bits per heavy atom. The topological polar surface area (TPSA) is 121 Å². The predicted octanol–water partition coefficient (Wildman–Crippen LogP) is 4.43. The number of imidazole rings is 2. The number of hydrogen-bond acceptors (Lipinski definition) is 8. The minimum absolute atomic E-state index is 0.114. The second-order valence-corrected chi connectivity index (χ2v) is 8.54. The SMILES string of the molecule is CCc1[nH]c2nc(Oc3cnc4c(c3)ncn4C)nc(Oc3cnc4c(c3)ncn4C)c2c1Br. The van der Waals surface area contributed by atoms with Gasteiger partial charge in [0.2, 0.25) is 5.88 Å². The van der Waals surface area contributed by atoms with Crippen molar-refractivity contribution in [3.05, 3.63) is 47.3 Å². The van der Waals surface area contributed by atoms with Gasteiger partial charge in [0.05, 0.1) is 34.9 Å². The molecule has 12 heteroatoms. The molecule has 34 heavy (non-hydrogen) atoms. The number of pyridine rings is 2. The first-order valence-electron chi connectivity index (χ1n) is 10.5. The lowest BCUT2D eigenvalue weighted by Gasteiger charge is -2.09. The molecule has 0 saturated heterocycles. The van der Waals surface area contributed by atoms with E-state index in [4.69, 9.17) is 9.47 Å². The number of hydrogen-bond donors (Lipinski definition) is 1. The van der Waals surface area contributed by atoms with Crippen LogP contribution in [0.15, 0.2) is 41.7 Å². The van der Waals surface area contributed by atoms with Crippen molar-refractivity contribution >= 4 is 49.3 Å². The Bertz CT molecular complexity index is 1700. The monoisotopic (exact) mass is 519 g/mol. The van der Waals surface area contributed by atoms with Crippen molar-refractivity contribution in [1.29, 1.82) is 0 Å². The number of nitrogens with zero attached hydrogens (tertiary/aromatic N) is 8. The summed E-state index contributed by atoms with van der Waals surface area (Å²) in [4.78, 5) is 30.0. The van der Waals surface area contributed by atoms with Crippen LogP contribution in [0.3, 0.4) is 0 Å². The van der Waals surface area contributed by atoms with Crippen LogP contribution < -0.4 is 9.47 Å². The molecule has 0 amide bonds. The van der Waals surface area contributed by atoms with E-state index in [0.717, 1.165) is 33.4 Å². The van der Waals surface area contributed by atoms with Crippen LogP contribution in [0.25, 0.3) is 33.4 Å². The number of fused-ring (bicyclic) bond motifs is 3. The smallest absolute Gasteiger partial charge is 0.327 e. The molecule has 6 heterocycles. The molecule has 1 N–H and O–H groups in total. The number of aromatic nitrogens is 9. The van der Waals surface area contributed by atoms with E-state index in [9.17, 15) is 0 Å². The Kier molecular flexibility index (Phi) is 4.69. The van der Waals surface area contributed by atoms with Crippen molar-refractivity contribution in [1.82, 2.24) is 44.0 Å². The fraction of sp³-hybridized carbons (Fsp3) is 0.182. The average Bonchev–Trinajstić information content (AvgIpc) is 3.49. The van der Waals surface area contributed by atoms with E-state index in [-0.39, 0.29) is 6.01 Å². The first-order valence-corrected chi connectivity index (χ1v) is 11.3. The van der Waals surface area contributed by atoms with Crippen molar-refractivity contribution in [2.24, 2.45) is 14.1 Å². The van der Waals surface area contributed by atoms with Gasteiger partial charge in [-0.25, -0.2) is 19.9 Å². The highest BCUT2D eigenvalue weighted by molar-refractivity contribution is 9.10. The quantitative estimate of drug-likeness (QED) is 0.354. The first-order chi connectivity index (χ1) is 16.5. The minimum Gasteiger partial charge on any atom is -0.436 e. The lowest BCUT2D eigenvalue weighted by atomic mass is 10.3. The van der Waals surface area contributed by atoms with E-state index in [1.54, 1.807) is 31.1 Å². The van der Waals surface area contributed by atoms with Gasteiger partial charge in [0.1, 0.15) is 22.4 Å². The highest BCUT2D eigenvalue weighted by Gasteiger charge is 2.20. The third-order valence-corrected chi connectivity index (χ3v) is 6.31. The molecule has 0 spiro atoms. The first kappa shape index (κ1) is 20.5. The molecule has 11 nitrogen and oxygen atoms in total. The standard InChI is InChI=1S/C22H18BrN9O2/c1-4-13-17(23)16-18(28-13)29-22(34-12-6-15-20(25-8-12)32(3)10-27-15)30-21(16)33-11-5-14-19(24-7-11)31(2)9-26-14/h5-10H,4H2,1-3H3,(H,28,29,30). The van der Waals surface area contributed by atoms with E-state index >= 15 is 0 Å². The second kappa shape index (κ2) is 7.76. The summed E-state index contributed by atoms with van der Waals surface area (Å²) in [5.41, 5.74) is 4.51. The van der Waals surface area contributed by atoms with Crippen molar-refractivity contribution < 1.29 is 9.47 Å². The summed E-state index contributed by atoms with van der Waals surface area (Å²) in [7, 11) is 3.77. The molecule has 0 aliphatic heterocycles. The lowest BCUT2D eigenvalue weighted by Crippen LogP contribution is -1.98. The summed E-state index contributed by atoms with van der Waals surface area (Å²) in [5, 5.41) is 0.712. The molecule has 0 atom stereocenters. The van der Waals surface area contributed by atoms with Gasteiger partial charge in [0.15, 0.2) is 17.0 Å². The number of ether oxygens (including phenoxy) is 2. The maximum absolute atomic E-state index is 6.18. The van der Waals surface area contributed by atoms with Crippen LogP contribution in [0.2, 0.25) is 0 Å². The molecule has 0 unspecified atom stereocenters. The molecule has 0 aromatic carbocycles. The average molecular weight is 520 g/mol.